The van der Waals surface area contributed by atoms with Gasteiger partial charge in [-0.1, -0.05) is 33.6 Å². The van der Waals surface area contributed by atoms with Gasteiger partial charge in [0, 0.05) is 27.6 Å². The maximum Gasteiger partial charge on any atom is 0.461 e. The van der Waals surface area contributed by atoms with Crippen molar-refractivity contribution in [3.8, 4) is 0 Å². The second kappa shape index (κ2) is 7.97. The molecule has 2 rings (SSSR count). The van der Waals surface area contributed by atoms with E-state index in [1.165, 1.54) is 12.1 Å². The van der Waals surface area contributed by atoms with Gasteiger partial charge in [-0.25, -0.2) is 13.4 Å². The van der Waals surface area contributed by atoms with E-state index in [1.807, 2.05) is 0 Å². The first-order chi connectivity index (χ1) is 13.0. The van der Waals surface area contributed by atoms with Crippen molar-refractivity contribution < 1.29 is 39.2 Å². The van der Waals surface area contributed by atoms with Gasteiger partial charge in [-0.15, -0.1) is 0 Å². The first-order valence-electron chi connectivity index (χ1n) is 7.10. The molecule has 0 bridgehead atoms. The zero-order valence-electron chi connectivity index (χ0n) is 13.5. The van der Waals surface area contributed by atoms with Gasteiger partial charge in [0.15, 0.2) is 0 Å². The summed E-state index contributed by atoms with van der Waals surface area (Å²) in [6.07, 6.45) is -6.12. The highest BCUT2D eigenvalue weighted by molar-refractivity contribution is 9.11. The summed E-state index contributed by atoms with van der Waals surface area (Å²) in [5.41, 5.74) is -0.303. The molecule has 0 amide bonds. The fourth-order valence-electron chi connectivity index (χ4n) is 2.12. The molecule has 0 aliphatic rings. The summed E-state index contributed by atoms with van der Waals surface area (Å²) in [7, 11) is -6.51. The Kier molecular flexibility index (Phi) is 6.69. The molecular formula is C15H6Br2ClF7NO2S. The van der Waals surface area contributed by atoms with Crippen molar-refractivity contribution in [2.75, 3.05) is 0 Å². The molecule has 2 aromatic rings. The van der Waals surface area contributed by atoms with Crippen LogP contribution < -0.4 is 0 Å². The largest absolute Gasteiger partial charge is 0.461 e. The average Bonchev–Trinajstić information content (AvgIpc) is 2.57. The smallest absolute Gasteiger partial charge is 0.244 e. The van der Waals surface area contributed by atoms with E-state index in [1.54, 1.807) is 0 Å². The lowest BCUT2D eigenvalue weighted by Crippen LogP contribution is -2.56. The first kappa shape index (κ1) is 24.4. The van der Waals surface area contributed by atoms with Crippen LogP contribution in [0.1, 0.15) is 11.1 Å². The Morgan fingerprint density at radius 3 is 2.14 bits per heavy atom. The van der Waals surface area contributed by atoms with E-state index in [0.717, 1.165) is 6.20 Å². The standard InChI is InChI=1S/C15H6Br2ClF7NO2S/c16-8-4-10(17)9(3-7-1-2-12(18)26-6-7)11(5-8)29(27,28)15(24,25)13(19,20)14(21,22)23/h1-2,5-6H,3H2. The number of hydrogen-bond donors (Lipinski definition) is 0. The van der Waals surface area contributed by atoms with E-state index in [0.29, 0.717) is 6.07 Å². The maximum absolute atomic E-state index is 14.1. The third-order valence-electron chi connectivity index (χ3n) is 3.57. The highest BCUT2D eigenvalue weighted by Crippen LogP contribution is 2.51. The number of rotatable bonds is 5. The number of aromatic nitrogens is 1. The molecular weight excluding hydrogens is 586 g/mol. The van der Waals surface area contributed by atoms with Crippen LogP contribution in [0.25, 0.3) is 0 Å². The molecule has 0 aliphatic heterocycles. The molecule has 3 nitrogen and oxygen atoms in total. The van der Waals surface area contributed by atoms with Crippen LogP contribution in [-0.2, 0) is 16.3 Å². The normalized spacial score (nSPS) is 13.6. The molecule has 1 aromatic heterocycles. The van der Waals surface area contributed by atoms with Crippen molar-refractivity contribution in [1.29, 1.82) is 0 Å². The molecule has 1 radical (unpaired) electrons. The predicted molar refractivity (Wildman–Crippen MR) is 95.9 cm³/mol. The summed E-state index contributed by atoms with van der Waals surface area (Å²) in [6.45, 7) is 0. The minimum absolute atomic E-state index is 0.0550. The lowest BCUT2D eigenvalue weighted by molar-refractivity contribution is -0.332. The van der Waals surface area contributed by atoms with E-state index in [2.05, 4.69) is 42.9 Å². The predicted octanol–water partition coefficient (Wildman–Crippen LogP) is 6.22. The molecule has 0 N–H and O–H groups in total. The molecule has 0 saturated carbocycles. The van der Waals surface area contributed by atoms with Gasteiger partial charge in [-0.05, 0) is 39.2 Å². The lowest BCUT2D eigenvalue weighted by atomic mass is 10.1. The molecule has 0 aliphatic carbocycles. The van der Waals surface area contributed by atoms with Crippen molar-refractivity contribution in [3.63, 3.8) is 0 Å². The van der Waals surface area contributed by atoms with Crippen molar-refractivity contribution in [2.24, 2.45) is 0 Å². The topological polar surface area (TPSA) is 47.0 Å². The van der Waals surface area contributed by atoms with Crippen LogP contribution in [0.2, 0.25) is 5.15 Å². The molecule has 0 atom stereocenters. The summed E-state index contributed by atoms with van der Waals surface area (Å²) in [6, 6.07) is 5.56. The number of halogens is 10. The monoisotopic (exact) mass is 590 g/mol. The van der Waals surface area contributed by atoms with Crippen LogP contribution in [0.5, 0.6) is 0 Å². The van der Waals surface area contributed by atoms with Gasteiger partial charge in [-0.2, -0.15) is 30.7 Å². The molecule has 1 aromatic carbocycles. The van der Waals surface area contributed by atoms with E-state index in [9.17, 15) is 39.2 Å². The molecule has 29 heavy (non-hydrogen) atoms. The second-order valence-electron chi connectivity index (χ2n) is 5.53. The van der Waals surface area contributed by atoms with Crippen molar-refractivity contribution >= 4 is 53.3 Å². The molecule has 159 valence electrons. The van der Waals surface area contributed by atoms with Gasteiger partial charge in [0.05, 0.1) is 4.90 Å². The fourth-order valence-corrected chi connectivity index (χ4v) is 5.27. The Balaban J connectivity index is 2.71. The van der Waals surface area contributed by atoms with E-state index in [-0.39, 0.29) is 19.7 Å². The molecule has 14 heteroatoms. The number of nitrogens with zero attached hydrogens (tertiary/aromatic N) is 1. The third-order valence-corrected chi connectivity index (χ3v) is 6.77. The summed E-state index contributed by atoms with van der Waals surface area (Å²) < 4.78 is 116. The summed E-state index contributed by atoms with van der Waals surface area (Å²) in [5.74, 6) is -6.84. The van der Waals surface area contributed by atoms with Crippen LogP contribution in [0, 0.1) is 6.07 Å². The molecule has 0 spiro atoms. The van der Waals surface area contributed by atoms with Crippen LogP contribution >= 0.6 is 43.5 Å². The van der Waals surface area contributed by atoms with E-state index in [4.69, 9.17) is 11.6 Å². The van der Waals surface area contributed by atoms with Crippen molar-refractivity contribution in [3.05, 3.63) is 55.7 Å². The third kappa shape index (κ3) is 4.42. The minimum Gasteiger partial charge on any atom is -0.244 e. The molecule has 0 saturated heterocycles. The van der Waals surface area contributed by atoms with Gasteiger partial charge in [-0.3, -0.25) is 0 Å². The Labute approximate surface area is 181 Å². The summed E-state index contributed by atoms with van der Waals surface area (Å²) in [5, 5.41) is -6.43. The van der Waals surface area contributed by atoms with E-state index < -0.39 is 44.1 Å². The Morgan fingerprint density at radius 2 is 1.66 bits per heavy atom. The van der Waals surface area contributed by atoms with Gasteiger partial charge >= 0.3 is 17.4 Å². The van der Waals surface area contributed by atoms with Gasteiger partial charge < -0.3 is 0 Å². The lowest BCUT2D eigenvalue weighted by Gasteiger charge is -2.28. The van der Waals surface area contributed by atoms with Crippen LogP contribution in [-0.4, -0.2) is 30.8 Å². The van der Waals surface area contributed by atoms with Gasteiger partial charge in [0.1, 0.15) is 5.15 Å². The van der Waals surface area contributed by atoms with Crippen molar-refractivity contribution in [1.82, 2.24) is 4.98 Å². The Morgan fingerprint density at radius 1 is 1.07 bits per heavy atom. The number of sulfone groups is 1. The van der Waals surface area contributed by atoms with Crippen LogP contribution in [0.4, 0.5) is 30.7 Å². The average molecular weight is 593 g/mol. The Bertz CT molecular complexity index is 1030. The maximum atomic E-state index is 14.1. The second-order valence-corrected chi connectivity index (χ2v) is 9.53. The molecule has 0 fully saturated rings. The molecule has 0 unspecified atom stereocenters. The number of pyridine rings is 1. The number of benzene rings is 1. The summed E-state index contributed by atoms with van der Waals surface area (Å²) >= 11 is 11.2. The Hall–Kier alpha value is -0.920. The number of alkyl halides is 7. The number of hydrogen-bond acceptors (Lipinski definition) is 3. The van der Waals surface area contributed by atoms with Crippen LogP contribution in [0.15, 0.2) is 38.2 Å². The van der Waals surface area contributed by atoms with Crippen molar-refractivity contribution in [2.45, 2.75) is 28.7 Å². The van der Waals surface area contributed by atoms with Gasteiger partial charge in [0.25, 0.3) is 9.84 Å². The zero-order chi connectivity index (χ0) is 22.4. The van der Waals surface area contributed by atoms with Gasteiger partial charge in [0.2, 0.25) is 0 Å². The SMILES string of the molecule is O=S(=O)(c1cc(Br)[c]c(Br)c1Cc1ccc(Cl)nc1)C(F)(F)C(F)(F)C(F)(F)F. The highest BCUT2D eigenvalue weighted by Gasteiger charge is 2.78. The quantitative estimate of drug-likeness (QED) is 0.306. The van der Waals surface area contributed by atoms with Crippen LogP contribution in [0.3, 0.4) is 0 Å². The summed E-state index contributed by atoms with van der Waals surface area (Å²) in [4.78, 5) is 2.27. The highest BCUT2D eigenvalue weighted by atomic mass is 79.9. The van der Waals surface area contributed by atoms with E-state index >= 15 is 0 Å². The molecule has 1 heterocycles. The first-order valence-corrected chi connectivity index (χ1v) is 10.5. The zero-order valence-corrected chi connectivity index (χ0v) is 18.2. The fraction of sp³-hybridized carbons (Fsp3) is 0.267. The minimum atomic E-state index is -6.84.